The number of para-hydroxylation sites is 2. The van der Waals surface area contributed by atoms with Crippen LogP contribution in [0.25, 0.3) is 0 Å². The number of nitrogens with zero attached hydrogens (tertiary/aromatic N) is 2. The molecule has 2 aromatic carbocycles. The molecule has 2 unspecified atom stereocenters. The third kappa shape index (κ3) is 4.74. The number of amides is 2. The van der Waals surface area contributed by atoms with Crippen LogP contribution >= 0.6 is 23.2 Å². The van der Waals surface area contributed by atoms with Crippen LogP contribution in [0.3, 0.4) is 0 Å². The second-order valence-corrected chi connectivity index (χ2v) is 8.14. The van der Waals surface area contributed by atoms with Crippen LogP contribution in [0.1, 0.15) is 6.92 Å². The maximum atomic E-state index is 13.3. The Hall–Kier alpha value is -2.48. The van der Waals surface area contributed by atoms with E-state index in [0.29, 0.717) is 53.5 Å². The average molecular weight is 465 g/mol. The first kappa shape index (κ1) is 21.7. The molecule has 1 saturated heterocycles. The number of halogens is 2. The zero-order valence-electron chi connectivity index (χ0n) is 16.9. The van der Waals surface area contributed by atoms with Crippen molar-refractivity contribution in [2.75, 3.05) is 37.7 Å². The lowest BCUT2D eigenvalue weighted by Crippen LogP contribution is -2.55. The van der Waals surface area contributed by atoms with Gasteiger partial charge >= 0.3 is 0 Å². The van der Waals surface area contributed by atoms with E-state index in [9.17, 15) is 9.59 Å². The molecule has 164 valence electrons. The largest absolute Gasteiger partial charge is 0.479 e. The van der Waals surface area contributed by atoms with Gasteiger partial charge < -0.3 is 24.0 Å². The highest BCUT2D eigenvalue weighted by atomic mass is 35.5. The van der Waals surface area contributed by atoms with Crippen molar-refractivity contribution in [2.45, 2.75) is 19.1 Å². The second-order valence-electron chi connectivity index (χ2n) is 7.30. The smallest absolute Gasteiger partial charge is 0.268 e. The van der Waals surface area contributed by atoms with Crippen LogP contribution in [0.15, 0.2) is 42.5 Å². The molecule has 0 bridgehead atoms. The van der Waals surface area contributed by atoms with E-state index < -0.39 is 12.2 Å². The summed E-state index contributed by atoms with van der Waals surface area (Å²) < 4.78 is 17.1. The predicted molar refractivity (Wildman–Crippen MR) is 117 cm³/mol. The van der Waals surface area contributed by atoms with Gasteiger partial charge in [-0.3, -0.25) is 9.59 Å². The van der Waals surface area contributed by atoms with Gasteiger partial charge in [0.25, 0.3) is 11.8 Å². The molecule has 0 radical (unpaired) electrons. The molecule has 2 heterocycles. The number of fused-ring (bicyclic) bond motifs is 1. The van der Waals surface area contributed by atoms with Gasteiger partial charge in [-0.1, -0.05) is 35.3 Å². The Morgan fingerprint density at radius 2 is 1.87 bits per heavy atom. The predicted octanol–water partition coefficient (Wildman–Crippen LogP) is 3.41. The minimum atomic E-state index is -0.844. The van der Waals surface area contributed by atoms with Crippen molar-refractivity contribution in [3.8, 4) is 11.5 Å². The zero-order chi connectivity index (χ0) is 22.0. The van der Waals surface area contributed by atoms with Crippen LogP contribution in [-0.2, 0) is 14.3 Å². The maximum absolute atomic E-state index is 13.3. The number of ether oxygens (including phenoxy) is 3. The first-order valence-electron chi connectivity index (χ1n) is 9.99. The Kier molecular flexibility index (Phi) is 6.55. The summed E-state index contributed by atoms with van der Waals surface area (Å²) in [6.07, 6.45) is -1.65. The summed E-state index contributed by atoms with van der Waals surface area (Å²) in [6, 6.07) is 12.0. The Morgan fingerprint density at radius 3 is 2.61 bits per heavy atom. The Morgan fingerprint density at radius 1 is 1.13 bits per heavy atom. The molecule has 0 spiro atoms. The van der Waals surface area contributed by atoms with E-state index in [0.717, 1.165) is 0 Å². The number of benzene rings is 2. The molecule has 2 aromatic rings. The molecule has 0 aromatic heterocycles. The first-order chi connectivity index (χ1) is 14.9. The second kappa shape index (κ2) is 9.34. The van der Waals surface area contributed by atoms with Crippen LogP contribution < -0.4 is 14.4 Å². The number of rotatable bonds is 4. The third-order valence-electron chi connectivity index (χ3n) is 5.18. The summed E-state index contributed by atoms with van der Waals surface area (Å²) in [6.45, 7) is 3.72. The van der Waals surface area contributed by atoms with Crippen molar-refractivity contribution in [3.05, 3.63) is 52.5 Å². The molecule has 0 N–H and O–H groups in total. The molecule has 2 aliphatic rings. The monoisotopic (exact) mass is 464 g/mol. The Balaban J connectivity index is 1.54. The lowest BCUT2D eigenvalue weighted by molar-refractivity contribution is -0.143. The van der Waals surface area contributed by atoms with Crippen molar-refractivity contribution in [2.24, 2.45) is 0 Å². The maximum Gasteiger partial charge on any atom is 0.268 e. The highest BCUT2D eigenvalue weighted by molar-refractivity contribution is 6.35. The van der Waals surface area contributed by atoms with Crippen molar-refractivity contribution >= 4 is 40.7 Å². The van der Waals surface area contributed by atoms with Gasteiger partial charge in [-0.25, -0.2) is 0 Å². The van der Waals surface area contributed by atoms with Gasteiger partial charge in [0.15, 0.2) is 12.2 Å². The lowest BCUT2D eigenvalue weighted by atomic mass is 10.1. The number of carbonyl (C=O) groups excluding carboxylic acids is 2. The number of hydrogen-bond donors (Lipinski definition) is 0. The molecule has 0 saturated carbocycles. The lowest BCUT2D eigenvalue weighted by Gasteiger charge is -2.38. The van der Waals surface area contributed by atoms with Gasteiger partial charge in [0.05, 0.1) is 30.5 Å². The summed E-state index contributed by atoms with van der Waals surface area (Å²) in [7, 11) is 0. The zero-order valence-corrected chi connectivity index (χ0v) is 18.4. The van der Waals surface area contributed by atoms with E-state index in [1.54, 1.807) is 48.2 Å². The summed E-state index contributed by atoms with van der Waals surface area (Å²) >= 11 is 12.1. The summed E-state index contributed by atoms with van der Waals surface area (Å²) in [5.41, 5.74) is 0.594. The minimum Gasteiger partial charge on any atom is -0.479 e. The molecule has 31 heavy (non-hydrogen) atoms. The van der Waals surface area contributed by atoms with Crippen molar-refractivity contribution in [1.82, 2.24) is 4.90 Å². The van der Waals surface area contributed by atoms with Crippen LogP contribution in [-0.4, -0.2) is 61.8 Å². The molecular formula is C22H22Cl2N2O5. The van der Waals surface area contributed by atoms with Gasteiger partial charge in [-0.15, -0.1) is 0 Å². The highest BCUT2D eigenvalue weighted by Crippen LogP contribution is 2.35. The number of carbonyl (C=O) groups is 2. The molecule has 9 heteroatoms. The van der Waals surface area contributed by atoms with E-state index in [1.807, 2.05) is 6.07 Å². The summed E-state index contributed by atoms with van der Waals surface area (Å²) in [5, 5.41) is 0.790. The topological polar surface area (TPSA) is 68.3 Å². The van der Waals surface area contributed by atoms with E-state index in [1.165, 1.54) is 4.90 Å². The Bertz CT molecular complexity index is 980. The normalized spacial score (nSPS) is 19.3. The van der Waals surface area contributed by atoms with Gasteiger partial charge in [-0.2, -0.15) is 0 Å². The summed E-state index contributed by atoms with van der Waals surface area (Å²) in [5.74, 6) is 0.367. The molecule has 2 aliphatic heterocycles. The molecule has 4 rings (SSSR count). The number of morpholine rings is 1. The quantitative estimate of drug-likeness (QED) is 0.693. The van der Waals surface area contributed by atoms with Crippen molar-refractivity contribution in [1.29, 1.82) is 0 Å². The fourth-order valence-corrected chi connectivity index (χ4v) is 4.04. The van der Waals surface area contributed by atoms with Crippen LogP contribution in [0.5, 0.6) is 11.5 Å². The van der Waals surface area contributed by atoms with Crippen LogP contribution in [0.2, 0.25) is 10.0 Å². The van der Waals surface area contributed by atoms with Crippen molar-refractivity contribution < 1.29 is 23.8 Å². The average Bonchev–Trinajstić information content (AvgIpc) is 2.79. The van der Waals surface area contributed by atoms with E-state index >= 15 is 0 Å². The minimum absolute atomic E-state index is 0.0914. The van der Waals surface area contributed by atoms with E-state index in [2.05, 4.69) is 0 Å². The molecule has 7 nitrogen and oxygen atoms in total. The molecule has 1 fully saturated rings. The molecule has 0 aliphatic carbocycles. The Labute approximate surface area is 190 Å². The molecular weight excluding hydrogens is 443 g/mol. The highest BCUT2D eigenvalue weighted by Gasteiger charge is 2.38. The number of anilines is 1. The SMILES string of the molecule is CC(Oc1ccc(Cl)cc1Cl)C(=O)N1CC(C(=O)N2CCOCC2)Oc2ccccc21. The van der Waals surface area contributed by atoms with Crippen LogP contribution in [0.4, 0.5) is 5.69 Å². The van der Waals surface area contributed by atoms with Gasteiger partial charge in [0, 0.05) is 18.1 Å². The molecule has 2 atom stereocenters. The van der Waals surface area contributed by atoms with Gasteiger partial charge in [-0.05, 0) is 37.3 Å². The van der Waals surface area contributed by atoms with Crippen LogP contribution in [0, 0.1) is 0 Å². The van der Waals surface area contributed by atoms with Crippen molar-refractivity contribution in [3.63, 3.8) is 0 Å². The summed E-state index contributed by atoms with van der Waals surface area (Å²) in [4.78, 5) is 29.6. The fourth-order valence-electron chi connectivity index (χ4n) is 3.59. The first-order valence-corrected chi connectivity index (χ1v) is 10.7. The third-order valence-corrected chi connectivity index (χ3v) is 5.71. The van der Waals surface area contributed by atoms with E-state index in [4.69, 9.17) is 37.4 Å². The fraction of sp³-hybridized carbons (Fsp3) is 0.364. The standard InChI is InChI=1S/C22H22Cl2N2O5/c1-14(30-18-7-6-15(23)12-16(18)24)21(27)26-13-20(22(28)25-8-10-29-11-9-25)31-19-5-3-2-4-17(19)26/h2-7,12,14,20H,8-11,13H2,1H3. The molecule has 2 amide bonds. The van der Waals surface area contributed by atoms with Gasteiger partial charge in [0.2, 0.25) is 0 Å². The van der Waals surface area contributed by atoms with Gasteiger partial charge in [0.1, 0.15) is 11.5 Å². The number of hydrogen-bond acceptors (Lipinski definition) is 5. The van der Waals surface area contributed by atoms with E-state index in [-0.39, 0.29) is 18.4 Å².